The summed E-state index contributed by atoms with van der Waals surface area (Å²) in [5.74, 6) is -0.668. The number of rotatable bonds is 5. The number of benzene rings is 1. The average Bonchev–Trinajstić information content (AvgIpc) is 3.29. The minimum Gasteiger partial charge on any atom is -0.473 e. The van der Waals surface area contributed by atoms with Gasteiger partial charge in [0.25, 0.3) is 0 Å². The van der Waals surface area contributed by atoms with Crippen LogP contribution in [-0.4, -0.2) is 58.7 Å². The van der Waals surface area contributed by atoms with E-state index in [0.29, 0.717) is 37.9 Å². The molecule has 8 nitrogen and oxygen atoms in total. The van der Waals surface area contributed by atoms with E-state index in [0.717, 1.165) is 12.0 Å². The van der Waals surface area contributed by atoms with Gasteiger partial charge in [0.1, 0.15) is 6.10 Å². The normalized spacial score (nSPS) is 25.8. The molecular formula is C23H28N4O4. The van der Waals surface area contributed by atoms with Crippen LogP contribution >= 0.6 is 0 Å². The van der Waals surface area contributed by atoms with Gasteiger partial charge in [-0.05, 0) is 37.0 Å². The second-order valence-electron chi connectivity index (χ2n) is 8.30. The van der Waals surface area contributed by atoms with E-state index in [9.17, 15) is 14.8 Å². The number of pyridine rings is 1. The Balaban J connectivity index is 1.42. The van der Waals surface area contributed by atoms with Crippen LogP contribution in [0, 0.1) is 12.8 Å². The lowest BCUT2D eigenvalue weighted by Gasteiger charge is -2.36. The maximum absolute atomic E-state index is 13.3. The van der Waals surface area contributed by atoms with Crippen molar-refractivity contribution in [1.82, 2.24) is 20.7 Å². The molecule has 0 spiro atoms. The van der Waals surface area contributed by atoms with Gasteiger partial charge in [0.05, 0.1) is 12.0 Å². The zero-order valence-electron chi connectivity index (χ0n) is 17.5. The Morgan fingerprint density at radius 2 is 2.06 bits per heavy atom. The molecule has 0 radical (unpaired) electrons. The summed E-state index contributed by atoms with van der Waals surface area (Å²) in [7, 11) is 0. The lowest BCUT2D eigenvalue weighted by atomic mass is 9.87. The third kappa shape index (κ3) is 4.86. The third-order valence-corrected chi connectivity index (χ3v) is 6.15. The van der Waals surface area contributed by atoms with E-state index >= 15 is 0 Å². The summed E-state index contributed by atoms with van der Waals surface area (Å²) in [6.07, 6.45) is 2.53. The monoisotopic (exact) mass is 424 g/mol. The van der Waals surface area contributed by atoms with Crippen molar-refractivity contribution >= 4 is 11.8 Å². The molecule has 2 fully saturated rings. The molecule has 0 saturated carbocycles. The van der Waals surface area contributed by atoms with E-state index < -0.39 is 17.9 Å². The molecule has 2 amide bonds. The van der Waals surface area contributed by atoms with Gasteiger partial charge in [0.15, 0.2) is 0 Å². The molecule has 2 aliphatic heterocycles. The van der Waals surface area contributed by atoms with Gasteiger partial charge in [-0.2, -0.15) is 0 Å². The number of hydroxylamine groups is 1. The number of carbonyl (C=O) groups excluding carboxylic acids is 2. The standard InChI is InChI=1S/C23H28N4O4/c1-15-7-9-24-20(11-15)31-18-12-19(22(28)26-30)21(25-13-18)23(29)27-10-8-17(14-27)16-5-3-2-4-6-16/h2-7,9,11,17-19,21,25,30H,8,10,12-14H2,1H3,(H,26,28)/t17-,18-,19-,21-/m0/s1. The molecule has 2 aliphatic rings. The zero-order valence-corrected chi connectivity index (χ0v) is 17.5. The van der Waals surface area contributed by atoms with Crippen LogP contribution in [0.25, 0.3) is 0 Å². The second kappa shape index (κ2) is 9.45. The molecular weight excluding hydrogens is 396 g/mol. The van der Waals surface area contributed by atoms with E-state index in [1.54, 1.807) is 11.7 Å². The summed E-state index contributed by atoms with van der Waals surface area (Å²) in [5, 5.41) is 12.4. The van der Waals surface area contributed by atoms with Crippen molar-refractivity contribution in [2.45, 2.75) is 37.8 Å². The highest BCUT2D eigenvalue weighted by atomic mass is 16.5. The molecule has 3 N–H and O–H groups in total. The smallest absolute Gasteiger partial charge is 0.248 e. The first-order valence-corrected chi connectivity index (χ1v) is 10.7. The number of nitrogens with zero attached hydrogens (tertiary/aromatic N) is 2. The van der Waals surface area contributed by atoms with E-state index in [-0.39, 0.29) is 12.0 Å². The van der Waals surface area contributed by atoms with Crippen LogP contribution in [0.5, 0.6) is 5.88 Å². The summed E-state index contributed by atoms with van der Waals surface area (Å²) in [5.41, 5.74) is 3.96. The maximum Gasteiger partial charge on any atom is 0.248 e. The van der Waals surface area contributed by atoms with E-state index in [4.69, 9.17) is 4.74 Å². The average molecular weight is 425 g/mol. The largest absolute Gasteiger partial charge is 0.473 e. The van der Waals surface area contributed by atoms with Crippen LogP contribution in [0.4, 0.5) is 0 Å². The van der Waals surface area contributed by atoms with Gasteiger partial charge in [0, 0.05) is 37.8 Å². The van der Waals surface area contributed by atoms with Crippen molar-refractivity contribution in [3.8, 4) is 5.88 Å². The lowest BCUT2D eigenvalue weighted by molar-refractivity contribution is -0.144. The molecule has 4 atom stereocenters. The Kier molecular flexibility index (Phi) is 6.48. The second-order valence-corrected chi connectivity index (χ2v) is 8.30. The highest BCUT2D eigenvalue weighted by Gasteiger charge is 2.43. The maximum atomic E-state index is 13.3. The number of likely N-dealkylation sites (tertiary alicyclic amines) is 1. The third-order valence-electron chi connectivity index (χ3n) is 6.15. The Morgan fingerprint density at radius 1 is 1.26 bits per heavy atom. The Hall–Kier alpha value is -2.97. The highest BCUT2D eigenvalue weighted by molar-refractivity contribution is 5.90. The fourth-order valence-corrected chi connectivity index (χ4v) is 4.49. The molecule has 3 heterocycles. The van der Waals surface area contributed by atoms with Gasteiger partial charge >= 0.3 is 0 Å². The SMILES string of the molecule is Cc1ccnc(O[C@@H]2CN[C@H](C(=O)N3CC[C@H](c4ccccc4)C3)[C@@H](C(=O)NO)C2)c1. The van der Waals surface area contributed by atoms with Crippen LogP contribution in [0.3, 0.4) is 0 Å². The fraction of sp³-hybridized carbons (Fsp3) is 0.435. The number of hydrogen-bond acceptors (Lipinski definition) is 6. The molecule has 0 aliphatic carbocycles. The summed E-state index contributed by atoms with van der Waals surface area (Å²) in [4.78, 5) is 31.7. The number of carbonyl (C=O) groups is 2. The number of hydrogen-bond donors (Lipinski definition) is 3. The van der Waals surface area contributed by atoms with Crippen molar-refractivity contribution in [2.75, 3.05) is 19.6 Å². The lowest BCUT2D eigenvalue weighted by Crippen LogP contribution is -2.60. The summed E-state index contributed by atoms with van der Waals surface area (Å²) >= 11 is 0. The van der Waals surface area contributed by atoms with Crippen molar-refractivity contribution < 1.29 is 19.5 Å². The zero-order chi connectivity index (χ0) is 21.8. The summed E-state index contributed by atoms with van der Waals surface area (Å²) in [6.45, 7) is 3.64. The number of amides is 2. The Labute approximate surface area is 181 Å². The Morgan fingerprint density at radius 3 is 2.81 bits per heavy atom. The first-order chi connectivity index (χ1) is 15.0. The van der Waals surface area contributed by atoms with Crippen molar-refractivity contribution in [3.63, 3.8) is 0 Å². The van der Waals surface area contributed by atoms with Gasteiger partial charge in [-0.1, -0.05) is 30.3 Å². The quantitative estimate of drug-likeness (QED) is 0.498. The van der Waals surface area contributed by atoms with Gasteiger partial charge in [-0.25, -0.2) is 10.5 Å². The van der Waals surface area contributed by atoms with Crippen LogP contribution in [0.2, 0.25) is 0 Å². The predicted molar refractivity (Wildman–Crippen MR) is 114 cm³/mol. The molecule has 0 unspecified atom stereocenters. The van der Waals surface area contributed by atoms with Crippen LogP contribution < -0.4 is 15.5 Å². The number of piperidine rings is 1. The molecule has 31 heavy (non-hydrogen) atoms. The van der Waals surface area contributed by atoms with Crippen molar-refractivity contribution in [1.29, 1.82) is 0 Å². The van der Waals surface area contributed by atoms with Crippen molar-refractivity contribution in [3.05, 3.63) is 59.8 Å². The molecule has 8 heteroatoms. The number of aryl methyl sites for hydroxylation is 1. The van der Waals surface area contributed by atoms with E-state index in [1.165, 1.54) is 5.56 Å². The van der Waals surface area contributed by atoms with Crippen molar-refractivity contribution in [2.24, 2.45) is 5.92 Å². The summed E-state index contributed by atoms with van der Waals surface area (Å²) < 4.78 is 5.93. The fourth-order valence-electron chi connectivity index (χ4n) is 4.49. The minimum absolute atomic E-state index is 0.112. The van der Waals surface area contributed by atoms with Gasteiger partial charge < -0.3 is 15.0 Å². The van der Waals surface area contributed by atoms with E-state index in [2.05, 4.69) is 22.4 Å². The molecule has 4 rings (SSSR count). The van der Waals surface area contributed by atoms with Crippen LogP contribution in [0.15, 0.2) is 48.7 Å². The molecule has 164 valence electrons. The number of nitrogens with one attached hydrogen (secondary N) is 2. The van der Waals surface area contributed by atoms with Crippen LogP contribution in [-0.2, 0) is 9.59 Å². The molecule has 2 saturated heterocycles. The summed E-state index contributed by atoms with van der Waals surface area (Å²) in [6, 6.07) is 13.2. The minimum atomic E-state index is -0.739. The first-order valence-electron chi connectivity index (χ1n) is 10.7. The topological polar surface area (TPSA) is 104 Å². The van der Waals surface area contributed by atoms with E-state index in [1.807, 2.05) is 42.2 Å². The highest BCUT2D eigenvalue weighted by Crippen LogP contribution is 2.29. The molecule has 1 aromatic carbocycles. The predicted octanol–water partition coefficient (Wildman–Crippen LogP) is 1.64. The molecule has 1 aromatic heterocycles. The Bertz CT molecular complexity index is 923. The molecule has 2 aromatic rings. The van der Waals surface area contributed by atoms with Crippen LogP contribution in [0.1, 0.15) is 29.9 Å². The first kappa shape index (κ1) is 21.3. The van der Waals surface area contributed by atoms with Gasteiger partial charge in [-0.15, -0.1) is 0 Å². The number of aromatic nitrogens is 1. The molecule has 0 bridgehead atoms. The van der Waals surface area contributed by atoms with Gasteiger partial charge in [-0.3, -0.25) is 14.8 Å². The van der Waals surface area contributed by atoms with Gasteiger partial charge in [0.2, 0.25) is 17.7 Å². The number of ether oxygens (including phenoxy) is 1.